The number of rotatable bonds is 8. The summed E-state index contributed by atoms with van der Waals surface area (Å²) in [6.07, 6.45) is 13.4. The summed E-state index contributed by atoms with van der Waals surface area (Å²) < 4.78 is 0. The van der Waals surface area contributed by atoms with Gasteiger partial charge in [0.15, 0.2) is 0 Å². The molecule has 1 fully saturated rings. The van der Waals surface area contributed by atoms with Crippen molar-refractivity contribution in [3.05, 3.63) is 156 Å². The maximum atomic E-state index is 10.6. The normalized spacial score (nSPS) is 11.5. The molecule has 0 spiro atoms. The minimum absolute atomic E-state index is 0. The Morgan fingerprint density at radius 1 is 0.481 bits per heavy atom. The Bertz CT molecular complexity index is 2880. The van der Waals surface area contributed by atoms with E-state index in [1.807, 2.05) is 138 Å². The summed E-state index contributed by atoms with van der Waals surface area (Å²) in [7, 11) is 0. The number of aliphatic imine (C=N–C) groups is 5. The zero-order chi connectivity index (χ0) is 53.7. The van der Waals surface area contributed by atoms with E-state index in [1.165, 1.54) is 44.2 Å². The van der Waals surface area contributed by atoms with Crippen LogP contribution in [0, 0.1) is 85.3 Å². The van der Waals surface area contributed by atoms with Crippen molar-refractivity contribution in [2.24, 2.45) is 30.9 Å². The Morgan fingerprint density at radius 3 is 1.09 bits per heavy atom. The molecule has 0 bridgehead atoms. The fraction of sp³-hybridized carbons (Fsp3) is 0.305. The van der Waals surface area contributed by atoms with E-state index in [2.05, 4.69) is 31.7 Å². The maximum absolute atomic E-state index is 10.6. The minimum atomic E-state index is -0.448. The van der Waals surface area contributed by atoms with E-state index >= 15 is 0 Å². The molecule has 18 heteroatoms. The van der Waals surface area contributed by atoms with Gasteiger partial charge in [0, 0.05) is 127 Å². The largest absolute Gasteiger partial charge is 0.505 e. The molecule has 0 saturated heterocycles. The Labute approximate surface area is 513 Å². The summed E-state index contributed by atoms with van der Waals surface area (Å²) >= 11 is 0. The van der Waals surface area contributed by atoms with Gasteiger partial charge < -0.3 is 25.5 Å². The summed E-state index contributed by atoms with van der Waals surface area (Å²) in [5, 5.41) is 58.9. The first-order valence-corrected chi connectivity index (χ1v) is 23.9. The van der Waals surface area contributed by atoms with E-state index in [9.17, 15) is 35.6 Å². The number of phenolic OH excluding ortho intramolecular Hbond substituents is 5. The van der Waals surface area contributed by atoms with Gasteiger partial charge >= 0.3 is 0 Å². The number of nitro benzene ring substituents is 1. The van der Waals surface area contributed by atoms with Gasteiger partial charge in [-0.2, -0.15) is 0 Å². The predicted molar refractivity (Wildman–Crippen MR) is 300 cm³/mol. The fourth-order valence-corrected chi connectivity index (χ4v) is 7.78. The van der Waals surface area contributed by atoms with Gasteiger partial charge in [-0.3, -0.25) is 35.1 Å². The molecule has 0 heterocycles. The van der Waals surface area contributed by atoms with Crippen molar-refractivity contribution < 1.29 is 121 Å². The average Bonchev–Trinajstić information content (AvgIpc) is 3.33. The molecule has 1 aliphatic carbocycles. The van der Waals surface area contributed by atoms with Crippen LogP contribution in [0.4, 0.5) is 34.1 Å². The van der Waals surface area contributed by atoms with Crippen LogP contribution in [0.5, 0.6) is 28.7 Å². The molecule has 0 amide bonds. The van der Waals surface area contributed by atoms with Crippen molar-refractivity contribution in [2.75, 3.05) is 0 Å². The number of nitro groups is 1. The smallest absolute Gasteiger partial charge is 0.269 e. The quantitative estimate of drug-likeness (QED) is 0.0566. The molecule has 0 atom stereocenters. The molecule has 407 valence electrons. The molecule has 7 rings (SSSR count). The topological polar surface area (TPSA) is 206 Å². The van der Waals surface area contributed by atoms with Crippen LogP contribution in [0.2, 0.25) is 0 Å². The zero-order valence-electron chi connectivity index (χ0n) is 46.1. The molecule has 5 N–H and O–H groups in total. The van der Waals surface area contributed by atoms with E-state index in [0.717, 1.165) is 61.2 Å². The molecule has 0 unspecified atom stereocenters. The molecule has 6 aromatic rings. The fourth-order valence-electron chi connectivity index (χ4n) is 7.78. The van der Waals surface area contributed by atoms with Crippen molar-refractivity contribution in [2.45, 2.75) is 115 Å². The van der Waals surface area contributed by atoms with Crippen LogP contribution in [-0.4, -0.2) is 62.0 Å². The van der Waals surface area contributed by atoms with Crippen LogP contribution >= 0.6 is 0 Å². The van der Waals surface area contributed by atoms with Crippen LogP contribution in [0.25, 0.3) is 0 Å². The second-order valence-electron chi connectivity index (χ2n) is 18.0. The molecule has 77 heavy (non-hydrogen) atoms. The second kappa shape index (κ2) is 38.5. The molecule has 0 aliphatic heterocycles. The number of aryl methyl sites for hydroxylation is 10. The van der Waals surface area contributed by atoms with E-state index in [1.54, 1.807) is 42.9 Å². The SMILES string of the molecule is C=Nc1cc(C)cc(C)c1O.CC=Nc1cc(C)cc(C)c1O.CC=Nc1cc(C)cc(C)c1O.Cc1cc(C)c(O)c(N=CC2CCCCC2)c1.Cc1cc(C)c(O)c(N=Cc2ccc([N+](=O)[O-])cc2)c1.[Cr].[Cr].[V].[V].[V]. The van der Waals surface area contributed by atoms with Gasteiger partial charge in [-0.05, 0) is 212 Å². The van der Waals surface area contributed by atoms with Crippen LogP contribution in [-0.2, 0) is 90.4 Å². The van der Waals surface area contributed by atoms with Crippen LogP contribution in [0.3, 0.4) is 0 Å². The Balaban J connectivity index is -0.000000891. The number of hydrogen-bond donors (Lipinski definition) is 5. The molecule has 1 aliphatic rings. The van der Waals surface area contributed by atoms with E-state index in [0.29, 0.717) is 40.1 Å². The summed E-state index contributed by atoms with van der Waals surface area (Å²) in [5.74, 6) is 1.85. The molecular weight excluding hydrogens is 1160 g/mol. The molecule has 3 radical (unpaired) electrons. The first-order valence-electron chi connectivity index (χ1n) is 23.9. The molecule has 6 aromatic carbocycles. The number of benzene rings is 6. The second-order valence-corrected chi connectivity index (χ2v) is 18.0. The summed E-state index contributed by atoms with van der Waals surface area (Å²) in [6.45, 7) is 26.2. The Kier molecular flexibility index (Phi) is 38.0. The van der Waals surface area contributed by atoms with E-state index in [4.69, 9.17) is 0 Å². The van der Waals surface area contributed by atoms with Gasteiger partial charge in [-0.1, -0.05) is 49.6 Å². The molecule has 13 nitrogen and oxygen atoms in total. The Morgan fingerprint density at radius 2 is 0.779 bits per heavy atom. The number of aromatic hydroxyl groups is 5. The summed E-state index contributed by atoms with van der Waals surface area (Å²) in [4.78, 5) is 30.6. The number of phenols is 5. The summed E-state index contributed by atoms with van der Waals surface area (Å²) in [5.41, 5.74) is 13.6. The molecular formula is C59H72Cr2N6O7V3. The van der Waals surface area contributed by atoms with Crippen LogP contribution in [0.15, 0.2) is 110 Å². The van der Waals surface area contributed by atoms with Crippen molar-refractivity contribution in [3.63, 3.8) is 0 Å². The Hall–Kier alpha value is -5.11. The van der Waals surface area contributed by atoms with Crippen molar-refractivity contribution in [3.8, 4) is 28.7 Å². The van der Waals surface area contributed by atoms with Crippen molar-refractivity contribution in [1.82, 2.24) is 0 Å². The van der Waals surface area contributed by atoms with Crippen LogP contribution < -0.4 is 0 Å². The van der Waals surface area contributed by atoms with E-state index < -0.39 is 4.92 Å². The number of non-ortho nitro benzene ring substituents is 1. The van der Waals surface area contributed by atoms with Crippen LogP contribution in [0.1, 0.15) is 107 Å². The first-order chi connectivity index (χ1) is 34.1. The third-order valence-corrected chi connectivity index (χ3v) is 11.4. The summed E-state index contributed by atoms with van der Waals surface area (Å²) in [6, 6.07) is 25.0. The van der Waals surface area contributed by atoms with E-state index in [-0.39, 0.29) is 119 Å². The standard InChI is InChI=1S/C15H14N2O3.C15H21NO.2C10H13NO.C9H11NO.2Cr.3V/c1-10-7-11(2)15(18)14(8-10)16-9-12-3-5-13(6-4-12)17(19)20;1-11-8-12(2)15(17)14(9-11)16-10-13-6-4-3-5-7-13;2*1-4-11-9-6-7(2)5-8(3)10(9)12;1-6-4-7(2)9(11)8(5-6)10-3;;;;;/h3-9,18H,1-2H3;8-10,13,17H,3-7H2,1-2H3;2*4-6,12H,1-3H3;4-5,11H,3H2,1-2H3;;;;;. The monoisotopic (exact) mass is 1230 g/mol. The van der Waals surface area contributed by atoms with Crippen molar-refractivity contribution >= 4 is 65.7 Å². The maximum Gasteiger partial charge on any atom is 0.269 e. The number of nitrogens with zero attached hydrogens (tertiary/aromatic N) is 6. The number of hydrogen-bond acceptors (Lipinski definition) is 12. The molecule has 0 aromatic heterocycles. The van der Waals surface area contributed by atoms with Gasteiger partial charge in [-0.25, -0.2) is 0 Å². The zero-order valence-corrected chi connectivity index (χ0v) is 52.8. The van der Waals surface area contributed by atoms with Gasteiger partial charge in [0.2, 0.25) is 0 Å². The first kappa shape index (κ1) is 76.1. The van der Waals surface area contributed by atoms with Gasteiger partial charge in [0.05, 0.1) is 4.92 Å². The molecule has 1 saturated carbocycles. The minimum Gasteiger partial charge on any atom is -0.505 e. The predicted octanol–water partition coefficient (Wildman–Crippen LogP) is 15.8. The third-order valence-electron chi connectivity index (χ3n) is 11.4. The van der Waals surface area contributed by atoms with Gasteiger partial charge in [0.25, 0.3) is 5.69 Å². The average molecular weight is 1230 g/mol. The van der Waals surface area contributed by atoms with Gasteiger partial charge in [-0.15, -0.1) is 0 Å². The van der Waals surface area contributed by atoms with Crippen molar-refractivity contribution in [1.29, 1.82) is 0 Å². The third kappa shape index (κ3) is 25.5. The van der Waals surface area contributed by atoms with Gasteiger partial charge in [0.1, 0.15) is 57.2 Å².